The van der Waals surface area contributed by atoms with Crippen LogP contribution in [0.2, 0.25) is 0 Å². The zero-order valence-corrected chi connectivity index (χ0v) is 14.1. The fourth-order valence-corrected chi connectivity index (χ4v) is 4.07. The Bertz CT molecular complexity index is 460. The van der Waals surface area contributed by atoms with Gasteiger partial charge in [0, 0.05) is 5.54 Å². The zero-order valence-electron chi connectivity index (χ0n) is 14.1. The molecule has 0 amide bonds. The van der Waals surface area contributed by atoms with Crippen LogP contribution in [0.3, 0.4) is 0 Å². The molecule has 3 N–H and O–H groups in total. The van der Waals surface area contributed by atoms with Gasteiger partial charge in [0.05, 0.1) is 6.04 Å². The Balaban J connectivity index is 2.46. The second-order valence-corrected chi connectivity index (χ2v) is 6.39. The van der Waals surface area contributed by atoms with E-state index in [0.717, 1.165) is 12.8 Å². The van der Waals surface area contributed by atoms with Gasteiger partial charge < -0.3 is 0 Å². The van der Waals surface area contributed by atoms with Gasteiger partial charge in [0.15, 0.2) is 0 Å². The molecule has 1 aliphatic heterocycles. The minimum absolute atomic E-state index is 0.115. The van der Waals surface area contributed by atoms with Crippen molar-refractivity contribution < 1.29 is 0 Å². The molecule has 118 valence electrons. The molecule has 0 spiro atoms. The van der Waals surface area contributed by atoms with Gasteiger partial charge in [-0.15, -0.1) is 0 Å². The summed E-state index contributed by atoms with van der Waals surface area (Å²) in [5.74, 6) is 6.05. The van der Waals surface area contributed by atoms with Crippen molar-refractivity contribution in [2.75, 3.05) is 13.1 Å². The Labute approximate surface area is 129 Å². The molecule has 0 saturated carbocycles. The maximum absolute atomic E-state index is 6.05. The van der Waals surface area contributed by atoms with E-state index in [1.165, 1.54) is 42.6 Å². The minimum Gasteiger partial charge on any atom is -0.296 e. The Morgan fingerprint density at radius 3 is 2.33 bits per heavy atom. The Morgan fingerprint density at radius 2 is 1.81 bits per heavy atom. The van der Waals surface area contributed by atoms with Crippen LogP contribution in [-0.2, 0) is 0 Å². The number of aryl methyl sites for hydroxylation is 1. The molecule has 1 aromatic carbocycles. The topological polar surface area (TPSA) is 41.3 Å². The molecule has 1 aliphatic rings. The van der Waals surface area contributed by atoms with Crippen LogP contribution in [0.4, 0.5) is 0 Å². The lowest BCUT2D eigenvalue weighted by Crippen LogP contribution is -2.56. The molecule has 2 rings (SSSR count). The molecule has 1 saturated heterocycles. The van der Waals surface area contributed by atoms with E-state index >= 15 is 0 Å². The van der Waals surface area contributed by atoms with Crippen LogP contribution in [0, 0.1) is 13.8 Å². The van der Waals surface area contributed by atoms with E-state index in [1.54, 1.807) is 0 Å². The summed E-state index contributed by atoms with van der Waals surface area (Å²) in [6.07, 6.45) is 4.86. The number of nitrogens with two attached hydrogens (primary N) is 1. The Hall–Kier alpha value is -0.900. The van der Waals surface area contributed by atoms with Gasteiger partial charge in [0.1, 0.15) is 0 Å². The van der Waals surface area contributed by atoms with Gasteiger partial charge in [0.2, 0.25) is 0 Å². The molecule has 1 heterocycles. The number of benzene rings is 1. The van der Waals surface area contributed by atoms with Crippen LogP contribution in [0.5, 0.6) is 0 Å². The highest BCUT2D eigenvalue weighted by atomic mass is 15.3. The van der Waals surface area contributed by atoms with Gasteiger partial charge in [0.25, 0.3) is 0 Å². The largest absolute Gasteiger partial charge is 0.296 e. The highest BCUT2D eigenvalue weighted by Crippen LogP contribution is 2.40. The van der Waals surface area contributed by atoms with Gasteiger partial charge in [-0.1, -0.05) is 32.0 Å². The highest BCUT2D eigenvalue weighted by Gasteiger charge is 2.42. The van der Waals surface area contributed by atoms with Gasteiger partial charge in [-0.3, -0.25) is 16.2 Å². The lowest BCUT2D eigenvalue weighted by atomic mass is 9.78. The molecular weight excluding hydrogens is 258 g/mol. The first-order valence-corrected chi connectivity index (χ1v) is 8.38. The molecule has 1 fully saturated rings. The van der Waals surface area contributed by atoms with Crippen molar-refractivity contribution in [1.82, 2.24) is 10.3 Å². The summed E-state index contributed by atoms with van der Waals surface area (Å²) in [4.78, 5) is 2.67. The summed E-state index contributed by atoms with van der Waals surface area (Å²) in [7, 11) is 0. The quantitative estimate of drug-likeness (QED) is 0.622. The zero-order chi connectivity index (χ0) is 15.5. The third kappa shape index (κ3) is 2.87. The highest BCUT2D eigenvalue weighted by molar-refractivity contribution is 5.37. The lowest BCUT2D eigenvalue weighted by Gasteiger charge is -2.47. The summed E-state index contributed by atoms with van der Waals surface area (Å²) in [6, 6.07) is 6.76. The van der Waals surface area contributed by atoms with Gasteiger partial charge >= 0.3 is 0 Å². The molecule has 0 radical (unpaired) electrons. The van der Waals surface area contributed by atoms with Crippen molar-refractivity contribution in [3.8, 4) is 0 Å². The van der Waals surface area contributed by atoms with Crippen molar-refractivity contribution >= 4 is 0 Å². The second kappa shape index (κ2) is 6.91. The standard InChI is InChI=1S/C18H31N3/c1-5-18(6-2,21-12-7-8-13-21)17(20-19)16-11-9-10-14(3)15(16)4/h9-11,17,20H,5-8,12-13,19H2,1-4H3. The van der Waals surface area contributed by atoms with Crippen molar-refractivity contribution in [2.24, 2.45) is 5.84 Å². The first kappa shape index (κ1) is 16.5. The Kier molecular flexibility index (Phi) is 5.42. The fraction of sp³-hybridized carbons (Fsp3) is 0.667. The van der Waals surface area contributed by atoms with Crippen LogP contribution in [0.25, 0.3) is 0 Å². The third-order valence-electron chi connectivity index (χ3n) is 5.62. The first-order chi connectivity index (χ1) is 10.1. The maximum Gasteiger partial charge on any atom is 0.0646 e. The number of hydrogen-bond acceptors (Lipinski definition) is 3. The molecule has 0 aliphatic carbocycles. The second-order valence-electron chi connectivity index (χ2n) is 6.39. The van der Waals surface area contributed by atoms with E-state index in [2.05, 4.69) is 56.2 Å². The van der Waals surface area contributed by atoms with E-state index in [1.807, 2.05) is 0 Å². The number of nitrogens with zero attached hydrogens (tertiary/aromatic N) is 1. The molecular formula is C18H31N3. The summed E-state index contributed by atoms with van der Waals surface area (Å²) in [5.41, 5.74) is 7.34. The Morgan fingerprint density at radius 1 is 1.19 bits per heavy atom. The number of nitrogens with one attached hydrogen (secondary N) is 1. The van der Waals surface area contributed by atoms with Gasteiger partial charge in [-0.25, -0.2) is 0 Å². The van der Waals surface area contributed by atoms with Crippen LogP contribution in [-0.4, -0.2) is 23.5 Å². The van der Waals surface area contributed by atoms with E-state index in [9.17, 15) is 0 Å². The molecule has 21 heavy (non-hydrogen) atoms. The molecule has 1 unspecified atom stereocenters. The van der Waals surface area contributed by atoms with Crippen LogP contribution < -0.4 is 11.3 Å². The molecule has 3 heteroatoms. The SMILES string of the molecule is CCC(CC)(C(NN)c1cccc(C)c1C)N1CCCC1. The van der Waals surface area contributed by atoms with E-state index < -0.39 is 0 Å². The van der Waals surface area contributed by atoms with Crippen molar-refractivity contribution in [3.63, 3.8) is 0 Å². The summed E-state index contributed by atoms with van der Waals surface area (Å²) >= 11 is 0. The number of hydrazine groups is 1. The normalized spacial score (nSPS) is 18.1. The van der Waals surface area contributed by atoms with Crippen LogP contribution >= 0.6 is 0 Å². The van der Waals surface area contributed by atoms with E-state index in [0.29, 0.717) is 0 Å². The summed E-state index contributed by atoms with van der Waals surface area (Å²) in [6.45, 7) is 11.4. The predicted octanol–water partition coefficient (Wildman–Crippen LogP) is 3.46. The van der Waals surface area contributed by atoms with Gasteiger partial charge in [-0.05, 0) is 69.3 Å². The third-order valence-corrected chi connectivity index (χ3v) is 5.62. The van der Waals surface area contributed by atoms with Crippen LogP contribution in [0.1, 0.15) is 62.3 Å². The molecule has 0 bridgehead atoms. The molecule has 0 aromatic heterocycles. The molecule has 1 atom stereocenters. The van der Waals surface area contributed by atoms with Crippen molar-refractivity contribution in [2.45, 2.75) is 65.0 Å². The summed E-state index contributed by atoms with van der Waals surface area (Å²) in [5, 5.41) is 0. The average Bonchev–Trinajstić information content (AvgIpc) is 3.03. The maximum atomic E-state index is 6.05. The molecule has 1 aromatic rings. The predicted molar refractivity (Wildman–Crippen MR) is 90.1 cm³/mol. The first-order valence-electron chi connectivity index (χ1n) is 8.38. The van der Waals surface area contributed by atoms with E-state index in [-0.39, 0.29) is 11.6 Å². The number of likely N-dealkylation sites (tertiary alicyclic amines) is 1. The average molecular weight is 289 g/mol. The van der Waals surface area contributed by atoms with E-state index in [4.69, 9.17) is 5.84 Å². The van der Waals surface area contributed by atoms with Crippen molar-refractivity contribution in [1.29, 1.82) is 0 Å². The monoisotopic (exact) mass is 289 g/mol. The fourth-order valence-electron chi connectivity index (χ4n) is 4.07. The smallest absolute Gasteiger partial charge is 0.0646 e. The van der Waals surface area contributed by atoms with Gasteiger partial charge in [-0.2, -0.15) is 0 Å². The summed E-state index contributed by atoms with van der Waals surface area (Å²) < 4.78 is 0. The number of hydrogen-bond donors (Lipinski definition) is 2. The number of rotatable bonds is 6. The molecule has 3 nitrogen and oxygen atoms in total. The van der Waals surface area contributed by atoms with Crippen molar-refractivity contribution in [3.05, 3.63) is 34.9 Å². The lowest BCUT2D eigenvalue weighted by molar-refractivity contribution is 0.0614. The van der Waals surface area contributed by atoms with Crippen LogP contribution in [0.15, 0.2) is 18.2 Å². The minimum atomic E-state index is 0.115.